The normalized spacial score (nSPS) is 24.7. The van der Waals surface area contributed by atoms with Crippen molar-refractivity contribution in [3.8, 4) is 0 Å². The fraction of sp³-hybridized carbons (Fsp3) is 0.263. The van der Waals surface area contributed by atoms with Gasteiger partial charge in [0.25, 0.3) is 5.69 Å². The zero-order valence-corrected chi connectivity index (χ0v) is 12.9. The number of nitro groups is 1. The lowest BCUT2D eigenvalue weighted by Crippen LogP contribution is -2.29. The summed E-state index contributed by atoms with van der Waals surface area (Å²) in [5.74, 6) is 0.793. The number of hydrogen-bond acceptors (Lipinski definition) is 3. The van der Waals surface area contributed by atoms with E-state index in [1.165, 1.54) is 16.8 Å². The van der Waals surface area contributed by atoms with E-state index in [0.29, 0.717) is 11.8 Å². The molecule has 3 atom stereocenters. The number of anilines is 1. The first-order chi connectivity index (χ1) is 11.1. The van der Waals surface area contributed by atoms with Gasteiger partial charge in [-0.05, 0) is 36.0 Å². The van der Waals surface area contributed by atoms with Gasteiger partial charge in [-0.3, -0.25) is 10.1 Å². The number of aryl methyl sites for hydroxylation is 1. The Hall–Kier alpha value is -2.62. The molecule has 0 saturated heterocycles. The van der Waals surface area contributed by atoms with E-state index in [4.69, 9.17) is 0 Å². The first-order valence-corrected chi connectivity index (χ1v) is 7.92. The summed E-state index contributed by atoms with van der Waals surface area (Å²) in [6.07, 6.45) is 5.52. The first kappa shape index (κ1) is 14.0. The highest BCUT2D eigenvalue weighted by atomic mass is 16.6. The number of non-ortho nitro benzene ring substituents is 1. The van der Waals surface area contributed by atoms with Crippen molar-refractivity contribution in [3.63, 3.8) is 0 Å². The molecule has 0 saturated carbocycles. The van der Waals surface area contributed by atoms with Gasteiger partial charge in [-0.25, -0.2) is 0 Å². The van der Waals surface area contributed by atoms with Crippen molar-refractivity contribution in [2.24, 2.45) is 5.92 Å². The van der Waals surface area contributed by atoms with Crippen molar-refractivity contribution in [1.29, 1.82) is 0 Å². The predicted molar refractivity (Wildman–Crippen MR) is 90.6 cm³/mol. The molecule has 0 amide bonds. The second kappa shape index (κ2) is 5.23. The van der Waals surface area contributed by atoms with Crippen LogP contribution in [-0.2, 0) is 0 Å². The Morgan fingerprint density at radius 2 is 2.04 bits per heavy atom. The van der Waals surface area contributed by atoms with Crippen molar-refractivity contribution < 1.29 is 4.92 Å². The number of para-hydroxylation sites is 1. The van der Waals surface area contributed by atoms with Gasteiger partial charge in [0.1, 0.15) is 0 Å². The molecule has 0 radical (unpaired) electrons. The van der Waals surface area contributed by atoms with Crippen LogP contribution in [0.1, 0.15) is 35.1 Å². The van der Waals surface area contributed by atoms with Crippen molar-refractivity contribution in [2.45, 2.75) is 25.3 Å². The average Bonchev–Trinajstić information content (AvgIpc) is 3.04. The summed E-state index contributed by atoms with van der Waals surface area (Å²) in [7, 11) is 0. The van der Waals surface area contributed by atoms with E-state index in [9.17, 15) is 10.1 Å². The molecule has 0 unspecified atom stereocenters. The highest BCUT2D eigenvalue weighted by Gasteiger charge is 2.38. The molecular weight excluding hydrogens is 288 g/mol. The minimum atomic E-state index is -0.324. The largest absolute Gasteiger partial charge is 0.377 e. The Bertz CT molecular complexity index is 813. The molecule has 1 N–H and O–H groups in total. The fourth-order valence-corrected chi connectivity index (χ4v) is 3.94. The van der Waals surface area contributed by atoms with E-state index in [-0.39, 0.29) is 16.7 Å². The van der Waals surface area contributed by atoms with Crippen LogP contribution in [0, 0.1) is 23.0 Å². The molecular formula is C19H18N2O2. The third-order valence-corrected chi connectivity index (χ3v) is 5.05. The number of allylic oxidation sites excluding steroid dienone is 2. The van der Waals surface area contributed by atoms with Crippen LogP contribution in [0.2, 0.25) is 0 Å². The zero-order chi connectivity index (χ0) is 16.0. The van der Waals surface area contributed by atoms with Crippen LogP contribution in [0.25, 0.3) is 0 Å². The molecule has 4 nitrogen and oxygen atoms in total. The van der Waals surface area contributed by atoms with Crippen LogP contribution >= 0.6 is 0 Å². The minimum Gasteiger partial charge on any atom is -0.377 e. The summed E-state index contributed by atoms with van der Waals surface area (Å²) in [6.45, 7) is 2.11. The second-order valence-corrected chi connectivity index (χ2v) is 6.37. The molecule has 116 valence electrons. The van der Waals surface area contributed by atoms with Crippen LogP contribution in [0.15, 0.2) is 54.6 Å². The Morgan fingerprint density at radius 3 is 2.87 bits per heavy atom. The number of fused-ring (bicyclic) bond motifs is 3. The lowest BCUT2D eigenvalue weighted by molar-refractivity contribution is -0.384. The van der Waals surface area contributed by atoms with E-state index in [1.54, 1.807) is 18.2 Å². The summed E-state index contributed by atoms with van der Waals surface area (Å²) in [6, 6.07) is 13.5. The first-order valence-electron chi connectivity index (χ1n) is 7.92. The van der Waals surface area contributed by atoms with Crippen molar-refractivity contribution in [3.05, 3.63) is 81.4 Å². The minimum absolute atomic E-state index is 0.100. The molecule has 0 fully saturated rings. The Kier molecular flexibility index (Phi) is 3.18. The molecule has 4 rings (SSSR count). The molecule has 0 aromatic heterocycles. The SMILES string of the molecule is Cc1cccc2c1N[C@H](c1cccc([N+](=O)[O-])c1)[C@H]1CC=C[C@@H]21. The number of rotatable bonds is 2. The summed E-state index contributed by atoms with van der Waals surface area (Å²) in [5.41, 5.74) is 4.88. The van der Waals surface area contributed by atoms with E-state index in [2.05, 4.69) is 42.6 Å². The van der Waals surface area contributed by atoms with E-state index >= 15 is 0 Å². The van der Waals surface area contributed by atoms with Gasteiger partial charge >= 0.3 is 0 Å². The van der Waals surface area contributed by atoms with E-state index < -0.39 is 0 Å². The smallest absolute Gasteiger partial charge is 0.269 e. The van der Waals surface area contributed by atoms with Crippen LogP contribution < -0.4 is 5.32 Å². The van der Waals surface area contributed by atoms with Crippen molar-refractivity contribution >= 4 is 11.4 Å². The van der Waals surface area contributed by atoms with E-state index in [1.807, 2.05) is 6.07 Å². The third-order valence-electron chi connectivity index (χ3n) is 5.05. The number of nitrogens with zero attached hydrogens (tertiary/aromatic N) is 1. The van der Waals surface area contributed by atoms with Gasteiger partial charge in [0, 0.05) is 23.7 Å². The summed E-state index contributed by atoms with van der Waals surface area (Å²) >= 11 is 0. The number of nitro benzene ring substituents is 1. The number of hydrogen-bond donors (Lipinski definition) is 1. The molecule has 1 heterocycles. The quantitative estimate of drug-likeness (QED) is 0.496. The second-order valence-electron chi connectivity index (χ2n) is 6.37. The van der Waals surface area contributed by atoms with Gasteiger partial charge in [0.15, 0.2) is 0 Å². The van der Waals surface area contributed by atoms with Gasteiger partial charge in [-0.15, -0.1) is 0 Å². The molecule has 1 aliphatic heterocycles. The standard InChI is InChI=1S/C19H18N2O2/c1-12-5-2-9-16-15-8-4-10-17(15)19(20-18(12)16)13-6-3-7-14(11-13)21(22)23/h2-9,11,15,17,19-20H,10H2,1H3/t15-,17-,19+/m0/s1. The van der Waals surface area contributed by atoms with Crippen molar-refractivity contribution in [1.82, 2.24) is 0 Å². The summed E-state index contributed by atoms with van der Waals surface area (Å²) in [5, 5.41) is 14.7. The lowest BCUT2D eigenvalue weighted by Gasteiger charge is -2.38. The highest BCUT2D eigenvalue weighted by molar-refractivity contribution is 5.64. The van der Waals surface area contributed by atoms with Crippen LogP contribution in [0.5, 0.6) is 0 Å². The van der Waals surface area contributed by atoms with Gasteiger partial charge in [0.05, 0.1) is 11.0 Å². The van der Waals surface area contributed by atoms with E-state index in [0.717, 1.165) is 12.0 Å². The highest BCUT2D eigenvalue weighted by Crippen LogP contribution is 2.50. The van der Waals surface area contributed by atoms with Crippen molar-refractivity contribution in [2.75, 3.05) is 5.32 Å². The van der Waals surface area contributed by atoms with Crippen LogP contribution in [-0.4, -0.2) is 4.92 Å². The van der Waals surface area contributed by atoms with Crippen LogP contribution in [0.3, 0.4) is 0 Å². The third kappa shape index (κ3) is 2.22. The molecule has 2 aromatic rings. The topological polar surface area (TPSA) is 55.2 Å². The summed E-state index contributed by atoms with van der Waals surface area (Å²) in [4.78, 5) is 10.8. The van der Waals surface area contributed by atoms with Gasteiger partial charge in [-0.1, -0.05) is 42.5 Å². The fourth-order valence-electron chi connectivity index (χ4n) is 3.94. The lowest BCUT2D eigenvalue weighted by atomic mass is 9.76. The predicted octanol–water partition coefficient (Wildman–Crippen LogP) is 4.73. The Labute approximate surface area is 135 Å². The molecule has 23 heavy (non-hydrogen) atoms. The maximum Gasteiger partial charge on any atom is 0.269 e. The maximum absolute atomic E-state index is 11.1. The molecule has 0 bridgehead atoms. The Balaban J connectivity index is 1.80. The van der Waals surface area contributed by atoms with Gasteiger partial charge in [0.2, 0.25) is 0 Å². The van der Waals surface area contributed by atoms with Gasteiger partial charge < -0.3 is 5.32 Å². The monoisotopic (exact) mass is 306 g/mol. The maximum atomic E-state index is 11.1. The molecule has 4 heteroatoms. The zero-order valence-electron chi connectivity index (χ0n) is 12.9. The number of benzene rings is 2. The molecule has 1 aliphatic carbocycles. The van der Waals surface area contributed by atoms with Crippen LogP contribution in [0.4, 0.5) is 11.4 Å². The van der Waals surface area contributed by atoms with Gasteiger partial charge in [-0.2, -0.15) is 0 Å². The molecule has 2 aromatic carbocycles. The molecule has 2 aliphatic rings. The number of nitrogens with one attached hydrogen (secondary N) is 1. The summed E-state index contributed by atoms with van der Waals surface area (Å²) < 4.78 is 0. The average molecular weight is 306 g/mol. The molecule has 0 spiro atoms. The Morgan fingerprint density at radius 1 is 1.22 bits per heavy atom.